The number of rotatable bonds is 3. The molecule has 0 amide bonds. The molecule has 0 saturated carbocycles. The second-order valence-corrected chi connectivity index (χ2v) is 6.04. The highest BCUT2D eigenvalue weighted by atomic mass is 32.2. The third-order valence-electron chi connectivity index (χ3n) is 2.83. The van der Waals surface area contributed by atoms with Gasteiger partial charge >= 0.3 is 0 Å². The second-order valence-electron chi connectivity index (χ2n) is 4.36. The number of sulfonamides is 1. The van der Waals surface area contributed by atoms with Crippen LogP contribution in [0.25, 0.3) is 0 Å². The quantitative estimate of drug-likeness (QED) is 0.696. The fourth-order valence-electron chi connectivity index (χ4n) is 1.73. The van der Waals surface area contributed by atoms with Crippen LogP contribution in [0.3, 0.4) is 0 Å². The lowest BCUT2D eigenvalue weighted by atomic mass is 10.2. The van der Waals surface area contributed by atoms with Gasteiger partial charge in [0.25, 0.3) is 10.0 Å². The summed E-state index contributed by atoms with van der Waals surface area (Å²) >= 11 is 0. The van der Waals surface area contributed by atoms with Crippen molar-refractivity contribution in [1.29, 1.82) is 0 Å². The first-order valence-electron chi connectivity index (χ1n) is 6.14. The molecule has 0 aromatic heterocycles. The van der Waals surface area contributed by atoms with Gasteiger partial charge in [-0.3, -0.25) is 9.71 Å². The molecule has 104 valence electrons. The number of nitrogens with zero attached hydrogens (tertiary/aromatic N) is 1. The fourth-order valence-corrected chi connectivity index (χ4v) is 2.81. The largest absolute Gasteiger partial charge is 0.271 e. The topological polar surface area (TPSA) is 58.5 Å². The first-order valence-corrected chi connectivity index (χ1v) is 7.63. The Morgan fingerprint density at radius 3 is 2.15 bits per heavy atom. The minimum absolute atomic E-state index is 0.222. The van der Waals surface area contributed by atoms with E-state index in [1.807, 2.05) is 25.1 Å². The summed E-state index contributed by atoms with van der Waals surface area (Å²) < 4.78 is 27.1. The molecule has 2 aromatic carbocycles. The summed E-state index contributed by atoms with van der Waals surface area (Å²) in [4.78, 5) is 4.24. The molecule has 0 aliphatic heterocycles. The molecule has 0 saturated heterocycles. The molecule has 0 aliphatic rings. The highest BCUT2D eigenvalue weighted by molar-refractivity contribution is 7.90. The Bertz CT molecular complexity index is 705. The van der Waals surface area contributed by atoms with Gasteiger partial charge in [-0.1, -0.05) is 48.0 Å². The van der Waals surface area contributed by atoms with Crippen LogP contribution in [-0.4, -0.2) is 21.3 Å². The molecule has 4 nitrogen and oxygen atoms in total. The van der Waals surface area contributed by atoms with Crippen molar-refractivity contribution in [3.05, 3.63) is 65.7 Å². The summed E-state index contributed by atoms with van der Waals surface area (Å²) in [6, 6.07) is 15.8. The van der Waals surface area contributed by atoms with Gasteiger partial charge in [-0.15, -0.1) is 0 Å². The van der Waals surface area contributed by atoms with E-state index in [9.17, 15) is 8.42 Å². The number of benzene rings is 2. The Kier molecular flexibility index (Phi) is 4.20. The SMILES string of the molecule is CN=C(NS(=O)(=O)c1ccc(C)cc1)c1ccccc1. The molecule has 0 aliphatic carbocycles. The maximum atomic E-state index is 12.3. The lowest BCUT2D eigenvalue weighted by Crippen LogP contribution is -2.31. The lowest BCUT2D eigenvalue weighted by Gasteiger charge is -2.10. The fraction of sp³-hybridized carbons (Fsp3) is 0.133. The van der Waals surface area contributed by atoms with Crippen LogP contribution in [0.2, 0.25) is 0 Å². The normalized spacial score (nSPS) is 12.2. The maximum Gasteiger partial charge on any atom is 0.263 e. The molecule has 0 radical (unpaired) electrons. The predicted octanol–water partition coefficient (Wildman–Crippen LogP) is 2.35. The number of hydrogen-bond donors (Lipinski definition) is 1. The van der Waals surface area contributed by atoms with E-state index in [0.29, 0.717) is 5.84 Å². The van der Waals surface area contributed by atoms with Crippen molar-refractivity contribution in [2.45, 2.75) is 11.8 Å². The van der Waals surface area contributed by atoms with Gasteiger partial charge < -0.3 is 0 Å². The Hall–Kier alpha value is -2.14. The van der Waals surface area contributed by atoms with Crippen molar-refractivity contribution in [3.63, 3.8) is 0 Å². The Balaban J connectivity index is 2.30. The summed E-state index contributed by atoms with van der Waals surface area (Å²) in [6.07, 6.45) is 0. The van der Waals surface area contributed by atoms with Crippen molar-refractivity contribution >= 4 is 15.9 Å². The van der Waals surface area contributed by atoms with Crippen molar-refractivity contribution in [2.24, 2.45) is 4.99 Å². The van der Waals surface area contributed by atoms with Gasteiger partial charge in [0.15, 0.2) is 0 Å². The highest BCUT2D eigenvalue weighted by Crippen LogP contribution is 2.11. The first-order chi connectivity index (χ1) is 9.53. The third-order valence-corrected chi connectivity index (χ3v) is 4.19. The van der Waals surface area contributed by atoms with Crippen molar-refractivity contribution in [1.82, 2.24) is 4.72 Å². The number of hydrogen-bond acceptors (Lipinski definition) is 3. The molecule has 0 fully saturated rings. The smallest absolute Gasteiger partial charge is 0.263 e. The predicted molar refractivity (Wildman–Crippen MR) is 80.4 cm³/mol. The van der Waals surface area contributed by atoms with Crippen LogP contribution in [0.4, 0.5) is 0 Å². The minimum atomic E-state index is -3.62. The van der Waals surface area contributed by atoms with Crippen molar-refractivity contribution in [3.8, 4) is 0 Å². The molecular formula is C15H16N2O2S. The van der Waals surface area contributed by atoms with Crippen LogP contribution >= 0.6 is 0 Å². The first kappa shape index (κ1) is 14.3. The van der Waals surface area contributed by atoms with Crippen molar-refractivity contribution < 1.29 is 8.42 Å². The maximum absolute atomic E-state index is 12.3. The minimum Gasteiger partial charge on any atom is -0.271 e. The monoisotopic (exact) mass is 288 g/mol. The van der Waals surface area contributed by atoms with Gasteiger partial charge in [0.05, 0.1) is 4.90 Å². The lowest BCUT2D eigenvalue weighted by molar-refractivity contribution is 0.592. The molecule has 0 atom stereocenters. The van der Waals surface area contributed by atoms with Crippen LogP contribution in [-0.2, 0) is 10.0 Å². The zero-order chi connectivity index (χ0) is 14.6. The molecule has 2 rings (SSSR count). The van der Waals surface area contributed by atoms with Gasteiger partial charge in [-0.25, -0.2) is 8.42 Å². The molecule has 1 N–H and O–H groups in total. The van der Waals surface area contributed by atoms with Gasteiger partial charge in [-0.05, 0) is 19.1 Å². The molecule has 0 unspecified atom stereocenters. The number of amidine groups is 1. The van der Waals surface area contributed by atoms with Gasteiger partial charge in [0.2, 0.25) is 0 Å². The molecular weight excluding hydrogens is 272 g/mol. The van der Waals surface area contributed by atoms with E-state index in [0.717, 1.165) is 11.1 Å². The van der Waals surface area contributed by atoms with Crippen LogP contribution in [0.15, 0.2) is 64.5 Å². The number of aryl methyl sites for hydroxylation is 1. The van der Waals surface area contributed by atoms with Crippen LogP contribution < -0.4 is 4.72 Å². The van der Waals surface area contributed by atoms with Gasteiger partial charge in [0, 0.05) is 12.6 Å². The van der Waals surface area contributed by atoms with E-state index in [1.165, 1.54) is 0 Å². The number of nitrogens with one attached hydrogen (secondary N) is 1. The van der Waals surface area contributed by atoms with E-state index in [2.05, 4.69) is 9.71 Å². The molecule has 0 spiro atoms. The molecule has 5 heteroatoms. The number of aliphatic imine (C=N–C) groups is 1. The van der Waals surface area contributed by atoms with Gasteiger partial charge in [0.1, 0.15) is 5.84 Å². The molecule has 20 heavy (non-hydrogen) atoms. The Morgan fingerprint density at radius 1 is 1.00 bits per heavy atom. The Morgan fingerprint density at radius 2 is 1.60 bits per heavy atom. The molecule has 0 bridgehead atoms. The average Bonchev–Trinajstić information content (AvgIpc) is 2.46. The summed E-state index contributed by atoms with van der Waals surface area (Å²) in [5, 5.41) is 0. The van der Waals surface area contributed by atoms with Crippen LogP contribution in [0.5, 0.6) is 0 Å². The standard InChI is InChI=1S/C15H16N2O2S/c1-12-8-10-14(11-9-12)20(18,19)17-15(16-2)13-6-4-3-5-7-13/h3-11H,1-2H3,(H,16,17). The summed E-state index contributed by atoms with van der Waals surface area (Å²) in [7, 11) is -2.06. The Labute approximate surface area is 119 Å². The van der Waals surface area contributed by atoms with E-state index >= 15 is 0 Å². The average molecular weight is 288 g/mol. The van der Waals surface area contributed by atoms with E-state index in [4.69, 9.17) is 0 Å². The summed E-state index contributed by atoms with van der Waals surface area (Å²) in [5.41, 5.74) is 1.74. The second kappa shape index (κ2) is 5.88. The van der Waals surface area contributed by atoms with Gasteiger partial charge in [-0.2, -0.15) is 0 Å². The molecule has 0 heterocycles. The van der Waals surface area contributed by atoms with E-state index in [1.54, 1.807) is 43.4 Å². The zero-order valence-corrected chi connectivity index (χ0v) is 12.2. The van der Waals surface area contributed by atoms with Crippen LogP contribution in [0.1, 0.15) is 11.1 Å². The van der Waals surface area contributed by atoms with Crippen LogP contribution in [0, 0.1) is 6.92 Å². The molecule has 2 aromatic rings. The summed E-state index contributed by atoms with van der Waals surface area (Å²) in [5.74, 6) is 0.325. The van der Waals surface area contributed by atoms with E-state index < -0.39 is 10.0 Å². The third kappa shape index (κ3) is 3.24. The highest BCUT2D eigenvalue weighted by Gasteiger charge is 2.16. The summed E-state index contributed by atoms with van der Waals surface area (Å²) in [6.45, 7) is 1.91. The van der Waals surface area contributed by atoms with E-state index in [-0.39, 0.29) is 4.90 Å². The van der Waals surface area contributed by atoms with Crippen molar-refractivity contribution in [2.75, 3.05) is 7.05 Å². The zero-order valence-electron chi connectivity index (χ0n) is 11.4.